The Balaban J connectivity index is 1.24. The van der Waals surface area contributed by atoms with Crippen molar-refractivity contribution in [2.75, 3.05) is 0 Å². The molecule has 0 unspecified atom stereocenters. The summed E-state index contributed by atoms with van der Waals surface area (Å²) >= 11 is 0. The van der Waals surface area contributed by atoms with Crippen LogP contribution in [0.5, 0.6) is 0 Å². The molecule has 1 amide bonds. The number of halogens is 1. The number of nitrogens with zero attached hydrogens (tertiary/aromatic N) is 4. The fraction of sp³-hybridized carbons (Fsp3) is 0.368. The molecular formula is C38H40FN5O3. The standard InChI is InChI=1S/C38H40FN5O3/c1-4-24(36(46)47)19-23-11-15-29-32(20-23)44(3)37(41-29)38(17-8-18-38)42-35(45)26-12-14-28-31(21-26)43(2)34(30-16-13-27(39)22-40-30)33(28)25-9-6-5-7-10-25/h11-16,19-22,25H,4-10,17-18H2,1-3H3,(H,42,45)(H,46,47). The lowest BCUT2D eigenvalue weighted by Gasteiger charge is -2.41. The van der Waals surface area contributed by atoms with E-state index in [0.717, 1.165) is 76.8 Å². The van der Waals surface area contributed by atoms with Crippen LogP contribution in [0.4, 0.5) is 4.39 Å². The number of rotatable bonds is 8. The zero-order valence-electron chi connectivity index (χ0n) is 27.1. The second-order valence-corrected chi connectivity index (χ2v) is 13.2. The minimum absolute atomic E-state index is 0.154. The van der Waals surface area contributed by atoms with Crippen LogP contribution in [0.2, 0.25) is 0 Å². The number of hydrogen-bond donors (Lipinski definition) is 2. The fourth-order valence-corrected chi connectivity index (χ4v) is 7.70. The van der Waals surface area contributed by atoms with Gasteiger partial charge in [0.1, 0.15) is 11.6 Å². The van der Waals surface area contributed by atoms with E-state index in [1.807, 2.05) is 55.9 Å². The van der Waals surface area contributed by atoms with Crippen molar-refractivity contribution in [2.24, 2.45) is 14.1 Å². The smallest absolute Gasteiger partial charge is 0.331 e. The Morgan fingerprint density at radius 3 is 2.45 bits per heavy atom. The van der Waals surface area contributed by atoms with Gasteiger partial charge in [-0.05, 0) is 98.0 Å². The molecule has 2 aliphatic rings. The van der Waals surface area contributed by atoms with Gasteiger partial charge in [-0.1, -0.05) is 38.3 Å². The molecule has 242 valence electrons. The van der Waals surface area contributed by atoms with Crippen molar-refractivity contribution in [3.05, 3.63) is 88.6 Å². The largest absolute Gasteiger partial charge is 0.478 e. The van der Waals surface area contributed by atoms with Gasteiger partial charge in [0, 0.05) is 36.1 Å². The SMILES string of the molecule is CCC(=Cc1ccc2nc(C3(NC(=O)c4ccc5c(C6CCCCC6)c(-c6ccc(F)cn6)n(C)c5c4)CCC3)n(C)c2c1)C(=O)O. The molecule has 0 bridgehead atoms. The first-order valence-corrected chi connectivity index (χ1v) is 16.7. The van der Waals surface area contributed by atoms with Gasteiger partial charge in [0.25, 0.3) is 5.91 Å². The lowest BCUT2D eigenvalue weighted by molar-refractivity contribution is -0.132. The predicted molar refractivity (Wildman–Crippen MR) is 182 cm³/mol. The monoisotopic (exact) mass is 633 g/mol. The van der Waals surface area contributed by atoms with Crippen LogP contribution >= 0.6 is 0 Å². The molecule has 2 aromatic carbocycles. The zero-order valence-corrected chi connectivity index (χ0v) is 27.1. The average Bonchev–Trinajstić information content (AvgIpc) is 3.55. The number of imidazole rings is 1. The van der Waals surface area contributed by atoms with E-state index >= 15 is 0 Å². The van der Waals surface area contributed by atoms with E-state index in [9.17, 15) is 19.1 Å². The molecule has 7 rings (SSSR count). The lowest BCUT2D eigenvalue weighted by atomic mass is 9.75. The minimum Gasteiger partial charge on any atom is -0.478 e. The highest BCUT2D eigenvalue weighted by Gasteiger charge is 2.44. The molecule has 0 radical (unpaired) electrons. The number of aliphatic carboxylic acids is 1. The van der Waals surface area contributed by atoms with Crippen molar-refractivity contribution >= 4 is 39.9 Å². The number of aryl methyl sites for hydroxylation is 2. The highest BCUT2D eigenvalue weighted by Crippen LogP contribution is 2.44. The maximum atomic E-state index is 14.0. The Hall–Kier alpha value is -4.79. The van der Waals surface area contributed by atoms with Gasteiger partial charge in [-0.15, -0.1) is 0 Å². The summed E-state index contributed by atoms with van der Waals surface area (Å²) in [6.07, 6.45) is 11.8. The van der Waals surface area contributed by atoms with Crippen molar-refractivity contribution in [2.45, 2.75) is 76.2 Å². The first kappa shape index (κ1) is 30.8. The summed E-state index contributed by atoms with van der Waals surface area (Å²) in [6.45, 7) is 1.83. The second-order valence-electron chi connectivity index (χ2n) is 13.2. The Labute approximate surface area is 273 Å². The van der Waals surface area contributed by atoms with Crippen molar-refractivity contribution in [3.63, 3.8) is 0 Å². The summed E-state index contributed by atoms with van der Waals surface area (Å²) < 4.78 is 18.0. The molecule has 0 saturated heterocycles. The van der Waals surface area contributed by atoms with Gasteiger partial charge in [-0.3, -0.25) is 9.78 Å². The first-order valence-electron chi connectivity index (χ1n) is 16.7. The Bertz CT molecular complexity index is 2050. The van der Waals surface area contributed by atoms with Gasteiger partial charge in [0.2, 0.25) is 0 Å². The molecule has 47 heavy (non-hydrogen) atoms. The van der Waals surface area contributed by atoms with E-state index in [4.69, 9.17) is 4.98 Å². The predicted octanol–water partition coefficient (Wildman–Crippen LogP) is 8.00. The third kappa shape index (κ3) is 5.41. The molecule has 2 saturated carbocycles. The minimum atomic E-state index is -0.920. The summed E-state index contributed by atoms with van der Waals surface area (Å²) in [4.78, 5) is 35.0. The van der Waals surface area contributed by atoms with E-state index in [0.29, 0.717) is 23.5 Å². The summed E-state index contributed by atoms with van der Waals surface area (Å²) in [7, 11) is 3.96. The van der Waals surface area contributed by atoms with Crippen LogP contribution in [0, 0.1) is 5.82 Å². The number of carboxylic acids is 1. The molecule has 2 aliphatic carbocycles. The lowest BCUT2D eigenvalue weighted by Crippen LogP contribution is -2.52. The number of carbonyl (C=O) groups excluding carboxylic acids is 1. The molecule has 5 aromatic rings. The summed E-state index contributed by atoms with van der Waals surface area (Å²) in [6, 6.07) is 14.9. The van der Waals surface area contributed by atoms with Gasteiger partial charge in [0.15, 0.2) is 0 Å². The number of benzene rings is 2. The van der Waals surface area contributed by atoms with Crippen LogP contribution in [0.15, 0.2) is 60.3 Å². The average molecular weight is 634 g/mol. The Kier molecular flexibility index (Phi) is 7.94. The van der Waals surface area contributed by atoms with Crippen molar-refractivity contribution < 1.29 is 19.1 Å². The summed E-state index contributed by atoms with van der Waals surface area (Å²) in [5.74, 6) is -0.253. The van der Waals surface area contributed by atoms with Crippen LogP contribution < -0.4 is 5.32 Å². The number of hydrogen-bond acceptors (Lipinski definition) is 4. The Morgan fingerprint density at radius 2 is 1.79 bits per heavy atom. The van der Waals surface area contributed by atoms with E-state index in [-0.39, 0.29) is 11.7 Å². The molecule has 9 heteroatoms. The van der Waals surface area contributed by atoms with E-state index < -0.39 is 11.5 Å². The van der Waals surface area contributed by atoms with Crippen molar-refractivity contribution in [1.29, 1.82) is 0 Å². The number of nitrogens with one attached hydrogen (secondary N) is 1. The summed E-state index contributed by atoms with van der Waals surface area (Å²) in [5.41, 5.74) is 6.73. The molecule has 8 nitrogen and oxygen atoms in total. The van der Waals surface area contributed by atoms with Crippen LogP contribution in [-0.4, -0.2) is 36.1 Å². The third-order valence-corrected chi connectivity index (χ3v) is 10.4. The molecule has 2 fully saturated rings. The zero-order chi connectivity index (χ0) is 32.9. The molecule has 0 spiro atoms. The maximum Gasteiger partial charge on any atom is 0.331 e. The van der Waals surface area contributed by atoms with E-state index in [1.165, 1.54) is 37.1 Å². The third-order valence-electron chi connectivity index (χ3n) is 10.4. The molecule has 3 heterocycles. The van der Waals surface area contributed by atoms with Crippen LogP contribution in [0.1, 0.15) is 97.9 Å². The molecular weight excluding hydrogens is 593 g/mol. The fourth-order valence-electron chi connectivity index (χ4n) is 7.70. The quantitative estimate of drug-likeness (QED) is 0.169. The highest BCUT2D eigenvalue weighted by molar-refractivity contribution is 6.01. The van der Waals surface area contributed by atoms with Gasteiger partial charge < -0.3 is 19.6 Å². The summed E-state index contributed by atoms with van der Waals surface area (Å²) in [5, 5.41) is 14.0. The van der Waals surface area contributed by atoms with Crippen LogP contribution in [0.25, 0.3) is 39.4 Å². The second kappa shape index (κ2) is 12.1. The number of aromatic nitrogens is 4. The van der Waals surface area contributed by atoms with Crippen molar-refractivity contribution in [1.82, 2.24) is 24.4 Å². The first-order chi connectivity index (χ1) is 22.7. The number of pyridine rings is 1. The van der Waals surface area contributed by atoms with Crippen LogP contribution in [0.3, 0.4) is 0 Å². The van der Waals surface area contributed by atoms with E-state index in [2.05, 4.69) is 20.9 Å². The highest BCUT2D eigenvalue weighted by atomic mass is 19.1. The molecule has 2 N–H and O–H groups in total. The topological polar surface area (TPSA) is 102 Å². The number of fused-ring (bicyclic) bond motifs is 2. The van der Waals surface area contributed by atoms with Crippen molar-refractivity contribution in [3.8, 4) is 11.4 Å². The molecule has 0 atom stereocenters. The van der Waals surface area contributed by atoms with Gasteiger partial charge in [-0.2, -0.15) is 0 Å². The number of carbonyl (C=O) groups is 2. The van der Waals surface area contributed by atoms with Crippen LogP contribution in [-0.2, 0) is 24.4 Å². The number of amides is 1. The van der Waals surface area contributed by atoms with Gasteiger partial charge in [0.05, 0.1) is 34.2 Å². The van der Waals surface area contributed by atoms with Gasteiger partial charge >= 0.3 is 5.97 Å². The number of carboxylic acid groups (broad SMARTS) is 1. The van der Waals surface area contributed by atoms with E-state index in [1.54, 1.807) is 12.1 Å². The molecule has 3 aromatic heterocycles. The molecule has 0 aliphatic heterocycles. The normalized spacial score (nSPS) is 16.8. The maximum absolute atomic E-state index is 14.0. The Morgan fingerprint density at radius 1 is 1.00 bits per heavy atom. The van der Waals surface area contributed by atoms with Gasteiger partial charge in [-0.25, -0.2) is 14.2 Å².